The molecule has 0 radical (unpaired) electrons. The van der Waals surface area contributed by atoms with Crippen LogP contribution in [-0.4, -0.2) is 19.4 Å². The van der Waals surface area contributed by atoms with Crippen LogP contribution in [0.1, 0.15) is 10.4 Å². The Morgan fingerprint density at radius 1 is 1.50 bits per heavy atom. The first-order chi connectivity index (χ1) is 5.83. The van der Waals surface area contributed by atoms with E-state index in [4.69, 9.17) is 4.74 Å². The maximum atomic E-state index is 11.2. The summed E-state index contributed by atoms with van der Waals surface area (Å²) in [6.07, 6.45) is 0. The van der Waals surface area contributed by atoms with Gasteiger partial charge in [0.05, 0.1) is 19.3 Å². The number of carbonyl (C=O) groups is 1. The summed E-state index contributed by atoms with van der Waals surface area (Å²) in [6.45, 7) is 0.385. The Kier molecular flexibility index (Phi) is 1.50. The molecule has 1 N–H and O–H groups in total. The molecule has 3 nitrogen and oxygen atoms in total. The molecule has 0 fully saturated rings. The van der Waals surface area contributed by atoms with Gasteiger partial charge < -0.3 is 10.1 Å². The SMILES string of the molecule is COc1cccc2c1NCC2=O. The number of fused-ring (bicyclic) bond motifs is 1. The highest BCUT2D eigenvalue weighted by atomic mass is 16.5. The van der Waals surface area contributed by atoms with Gasteiger partial charge in [0.15, 0.2) is 5.78 Å². The van der Waals surface area contributed by atoms with Crippen LogP contribution in [0.15, 0.2) is 18.2 Å². The first kappa shape index (κ1) is 7.16. The zero-order chi connectivity index (χ0) is 8.55. The number of benzene rings is 1. The Morgan fingerprint density at radius 3 is 3.08 bits per heavy atom. The number of carbonyl (C=O) groups excluding carboxylic acids is 1. The summed E-state index contributed by atoms with van der Waals surface area (Å²) >= 11 is 0. The highest BCUT2D eigenvalue weighted by molar-refractivity contribution is 6.09. The van der Waals surface area contributed by atoms with E-state index in [0.29, 0.717) is 6.54 Å². The van der Waals surface area contributed by atoms with Crippen molar-refractivity contribution in [3.8, 4) is 5.75 Å². The topological polar surface area (TPSA) is 38.3 Å². The highest BCUT2D eigenvalue weighted by Crippen LogP contribution is 2.31. The fraction of sp³-hybridized carbons (Fsp3) is 0.222. The summed E-state index contributed by atoms with van der Waals surface area (Å²) in [7, 11) is 1.60. The largest absolute Gasteiger partial charge is 0.495 e. The molecule has 0 bridgehead atoms. The molecule has 3 heteroatoms. The zero-order valence-corrected chi connectivity index (χ0v) is 6.76. The van der Waals surface area contributed by atoms with Crippen molar-refractivity contribution in [1.29, 1.82) is 0 Å². The first-order valence-electron chi connectivity index (χ1n) is 3.77. The van der Waals surface area contributed by atoms with Gasteiger partial charge >= 0.3 is 0 Å². The first-order valence-corrected chi connectivity index (χ1v) is 3.77. The van der Waals surface area contributed by atoms with Gasteiger partial charge in [-0.25, -0.2) is 0 Å². The molecular formula is C9H9NO2. The summed E-state index contributed by atoms with van der Waals surface area (Å²) in [4.78, 5) is 11.2. The molecule has 0 aromatic heterocycles. The fourth-order valence-corrected chi connectivity index (χ4v) is 1.38. The number of anilines is 1. The molecule has 0 spiro atoms. The van der Waals surface area contributed by atoms with E-state index in [1.807, 2.05) is 12.1 Å². The fourth-order valence-electron chi connectivity index (χ4n) is 1.38. The van der Waals surface area contributed by atoms with E-state index in [2.05, 4.69) is 5.32 Å². The number of rotatable bonds is 1. The predicted octanol–water partition coefficient (Wildman–Crippen LogP) is 1.30. The molecule has 1 aromatic carbocycles. The van der Waals surface area contributed by atoms with E-state index in [9.17, 15) is 4.79 Å². The Labute approximate surface area is 70.3 Å². The van der Waals surface area contributed by atoms with Gasteiger partial charge in [-0.15, -0.1) is 0 Å². The van der Waals surface area contributed by atoms with Crippen LogP contribution in [0.3, 0.4) is 0 Å². The van der Waals surface area contributed by atoms with Gasteiger partial charge in [0.1, 0.15) is 5.75 Å². The van der Waals surface area contributed by atoms with Gasteiger partial charge in [-0.2, -0.15) is 0 Å². The van der Waals surface area contributed by atoms with Crippen molar-refractivity contribution in [1.82, 2.24) is 0 Å². The Morgan fingerprint density at radius 2 is 2.33 bits per heavy atom. The van der Waals surface area contributed by atoms with Crippen LogP contribution in [0.25, 0.3) is 0 Å². The number of methoxy groups -OCH3 is 1. The van der Waals surface area contributed by atoms with Gasteiger partial charge in [-0.05, 0) is 12.1 Å². The molecule has 0 amide bonds. The van der Waals surface area contributed by atoms with Crippen molar-refractivity contribution in [2.45, 2.75) is 0 Å². The molecule has 0 unspecified atom stereocenters. The highest BCUT2D eigenvalue weighted by Gasteiger charge is 2.21. The molecule has 2 rings (SSSR count). The maximum Gasteiger partial charge on any atom is 0.184 e. The van der Waals surface area contributed by atoms with Crippen LogP contribution in [0.2, 0.25) is 0 Å². The minimum Gasteiger partial charge on any atom is -0.495 e. The lowest BCUT2D eigenvalue weighted by Crippen LogP contribution is -2.00. The van der Waals surface area contributed by atoms with Crippen molar-refractivity contribution >= 4 is 11.5 Å². The summed E-state index contributed by atoms with van der Waals surface area (Å²) in [5.41, 5.74) is 1.55. The molecule has 0 saturated carbocycles. The smallest absolute Gasteiger partial charge is 0.184 e. The average molecular weight is 163 g/mol. The maximum absolute atomic E-state index is 11.2. The molecule has 12 heavy (non-hydrogen) atoms. The lowest BCUT2D eigenvalue weighted by molar-refractivity contribution is 0.101. The number of Topliss-reactive ketones (excluding diaryl/α,β-unsaturated/α-hetero) is 1. The van der Waals surface area contributed by atoms with Gasteiger partial charge in [0, 0.05) is 5.56 Å². The molecular weight excluding hydrogens is 154 g/mol. The molecule has 0 aliphatic carbocycles. The quantitative estimate of drug-likeness (QED) is 0.678. The summed E-state index contributed by atoms with van der Waals surface area (Å²) in [5, 5.41) is 2.99. The summed E-state index contributed by atoms with van der Waals surface area (Å²) < 4.78 is 5.09. The van der Waals surface area contributed by atoms with Gasteiger partial charge in [0.25, 0.3) is 0 Å². The zero-order valence-electron chi connectivity index (χ0n) is 6.76. The number of ether oxygens (including phenoxy) is 1. The normalized spacial score (nSPS) is 13.9. The van der Waals surface area contributed by atoms with Crippen LogP contribution in [-0.2, 0) is 0 Å². The predicted molar refractivity (Wildman–Crippen MR) is 45.8 cm³/mol. The standard InChI is InChI=1S/C9H9NO2/c1-12-8-4-2-3-6-7(11)5-10-9(6)8/h2-4,10H,5H2,1H3. The molecule has 1 heterocycles. The molecule has 0 saturated heterocycles. The van der Waals surface area contributed by atoms with Crippen LogP contribution in [0, 0.1) is 0 Å². The van der Waals surface area contributed by atoms with Gasteiger partial charge in [-0.1, -0.05) is 6.07 Å². The molecule has 0 atom stereocenters. The van der Waals surface area contributed by atoms with E-state index in [0.717, 1.165) is 17.0 Å². The van der Waals surface area contributed by atoms with E-state index >= 15 is 0 Å². The number of hydrogen-bond donors (Lipinski definition) is 1. The van der Waals surface area contributed by atoms with Crippen LogP contribution in [0.5, 0.6) is 5.75 Å². The minimum atomic E-state index is 0.129. The lowest BCUT2D eigenvalue weighted by atomic mass is 10.1. The van der Waals surface area contributed by atoms with E-state index in [-0.39, 0.29) is 5.78 Å². The molecule has 1 aromatic rings. The second-order valence-electron chi connectivity index (χ2n) is 2.66. The van der Waals surface area contributed by atoms with Gasteiger partial charge in [0.2, 0.25) is 0 Å². The Balaban J connectivity index is 2.58. The van der Waals surface area contributed by atoms with Crippen LogP contribution in [0.4, 0.5) is 5.69 Å². The van der Waals surface area contributed by atoms with Crippen molar-refractivity contribution in [2.75, 3.05) is 19.0 Å². The average Bonchev–Trinajstić information content (AvgIpc) is 2.48. The van der Waals surface area contributed by atoms with Crippen molar-refractivity contribution < 1.29 is 9.53 Å². The third-order valence-electron chi connectivity index (χ3n) is 1.97. The number of hydrogen-bond acceptors (Lipinski definition) is 3. The minimum absolute atomic E-state index is 0.129. The van der Waals surface area contributed by atoms with Crippen LogP contribution >= 0.6 is 0 Å². The second-order valence-corrected chi connectivity index (χ2v) is 2.66. The molecule has 62 valence electrons. The Bertz CT molecular complexity index is 333. The number of nitrogens with one attached hydrogen (secondary N) is 1. The van der Waals surface area contributed by atoms with Gasteiger partial charge in [-0.3, -0.25) is 4.79 Å². The second kappa shape index (κ2) is 2.52. The number of para-hydroxylation sites is 1. The molecule has 1 aliphatic heterocycles. The monoisotopic (exact) mass is 163 g/mol. The van der Waals surface area contributed by atoms with Crippen molar-refractivity contribution in [3.63, 3.8) is 0 Å². The van der Waals surface area contributed by atoms with E-state index in [1.165, 1.54) is 0 Å². The lowest BCUT2D eigenvalue weighted by Gasteiger charge is -2.04. The number of ketones is 1. The molecule has 1 aliphatic rings. The summed E-state index contributed by atoms with van der Waals surface area (Å²) in [5.74, 6) is 0.863. The van der Waals surface area contributed by atoms with Crippen molar-refractivity contribution in [3.05, 3.63) is 23.8 Å². The van der Waals surface area contributed by atoms with E-state index < -0.39 is 0 Å². The third kappa shape index (κ3) is 0.863. The van der Waals surface area contributed by atoms with E-state index in [1.54, 1.807) is 13.2 Å². The van der Waals surface area contributed by atoms with Crippen LogP contribution < -0.4 is 10.1 Å². The summed E-state index contributed by atoms with van der Waals surface area (Å²) in [6, 6.07) is 5.47. The van der Waals surface area contributed by atoms with Crippen molar-refractivity contribution in [2.24, 2.45) is 0 Å². The third-order valence-corrected chi connectivity index (χ3v) is 1.97. The Hall–Kier alpha value is -1.51.